The predicted molar refractivity (Wildman–Crippen MR) is 78.8 cm³/mol. The van der Waals surface area contributed by atoms with Crippen LogP contribution in [0.1, 0.15) is 31.2 Å². The highest BCUT2D eigenvalue weighted by atomic mass is 32.1. The van der Waals surface area contributed by atoms with E-state index >= 15 is 0 Å². The topological polar surface area (TPSA) is 32.3 Å². The highest BCUT2D eigenvalue weighted by Crippen LogP contribution is 2.32. The Morgan fingerprint density at radius 3 is 2.70 bits per heavy atom. The van der Waals surface area contributed by atoms with Gasteiger partial charge in [0.05, 0.1) is 4.99 Å². The number of benzene rings is 1. The maximum Gasteiger partial charge on any atom is 0.322 e. The van der Waals surface area contributed by atoms with Crippen molar-refractivity contribution in [3.8, 4) is 0 Å². The first-order valence-electron chi connectivity index (χ1n) is 7.01. The Balaban J connectivity index is 1.81. The molecule has 1 saturated heterocycles. The zero-order chi connectivity index (χ0) is 14.1. The second-order valence-corrected chi connectivity index (χ2v) is 5.95. The molecule has 0 bridgehead atoms. The molecule has 2 amide bonds. The Morgan fingerprint density at radius 2 is 1.95 bits per heavy atom. The van der Waals surface area contributed by atoms with Crippen LogP contribution in [0.3, 0.4) is 0 Å². The van der Waals surface area contributed by atoms with Crippen molar-refractivity contribution < 1.29 is 9.18 Å². The number of urea groups is 1. The van der Waals surface area contributed by atoms with Crippen LogP contribution >= 0.6 is 12.2 Å². The van der Waals surface area contributed by atoms with Crippen LogP contribution in [0.2, 0.25) is 0 Å². The molecule has 20 heavy (non-hydrogen) atoms. The summed E-state index contributed by atoms with van der Waals surface area (Å²) in [5.74, 6) is 0.0189. The molecule has 1 aromatic rings. The minimum Gasteiger partial charge on any atom is -0.317 e. The van der Waals surface area contributed by atoms with Gasteiger partial charge in [0.2, 0.25) is 0 Å². The third-order valence-corrected chi connectivity index (χ3v) is 4.63. The number of fused-ring (bicyclic) bond motifs is 1. The van der Waals surface area contributed by atoms with E-state index in [0.717, 1.165) is 24.8 Å². The van der Waals surface area contributed by atoms with Crippen LogP contribution in [-0.2, 0) is 6.54 Å². The summed E-state index contributed by atoms with van der Waals surface area (Å²) in [4.78, 5) is 14.7. The fourth-order valence-electron chi connectivity index (χ4n) is 3.19. The summed E-state index contributed by atoms with van der Waals surface area (Å²) < 4.78 is 13.0. The summed E-state index contributed by atoms with van der Waals surface area (Å²) in [7, 11) is 0. The van der Waals surface area contributed by atoms with Crippen molar-refractivity contribution in [2.45, 2.75) is 38.3 Å². The molecular formula is C15H17FN2OS. The molecular weight excluding hydrogens is 275 g/mol. The molecule has 2 fully saturated rings. The summed E-state index contributed by atoms with van der Waals surface area (Å²) in [5.41, 5.74) is 0.943. The van der Waals surface area contributed by atoms with Crippen LogP contribution in [0.15, 0.2) is 24.3 Å². The van der Waals surface area contributed by atoms with Crippen LogP contribution in [0.25, 0.3) is 0 Å². The van der Waals surface area contributed by atoms with Gasteiger partial charge in [-0.2, -0.15) is 0 Å². The van der Waals surface area contributed by atoms with Crippen molar-refractivity contribution in [1.29, 1.82) is 0 Å². The number of nitrogens with one attached hydrogen (secondary N) is 1. The van der Waals surface area contributed by atoms with E-state index in [4.69, 9.17) is 12.2 Å². The summed E-state index contributed by atoms with van der Waals surface area (Å²) in [6.07, 6.45) is 4.35. The molecule has 1 heterocycles. The van der Waals surface area contributed by atoms with Gasteiger partial charge in [-0.3, -0.25) is 0 Å². The number of carbonyl (C=O) groups is 1. The minimum atomic E-state index is -0.256. The van der Waals surface area contributed by atoms with E-state index in [1.807, 2.05) is 4.90 Å². The summed E-state index contributed by atoms with van der Waals surface area (Å²) in [6, 6.07) is 6.39. The lowest BCUT2D eigenvalue weighted by Crippen LogP contribution is -2.59. The van der Waals surface area contributed by atoms with E-state index in [2.05, 4.69) is 5.32 Å². The van der Waals surface area contributed by atoms with Crippen LogP contribution < -0.4 is 5.32 Å². The van der Waals surface area contributed by atoms with E-state index in [0.29, 0.717) is 11.5 Å². The second-order valence-electron chi connectivity index (χ2n) is 5.51. The van der Waals surface area contributed by atoms with Gasteiger partial charge in [0.25, 0.3) is 0 Å². The lowest BCUT2D eigenvalue weighted by atomic mass is 9.82. The van der Waals surface area contributed by atoms with Crippen molar-refractivity contribution in [3.05, 3.63) is 35.6 Å². The zero-order valence-corrected chi connectivity index (χ0v) is 12.0. The van der Waals surface area contributed by atoms with Gasteiger partial charge >= 0.3 is 6.03 Å². The molecule has 1 aromatic carbocycles. The number of hydrogen-bond donors (Lipinski definition) is 1. The Hall–Kier alpha value is -1.49. The maximum absolute atomic E-state index is 13.0. The van der Waals surface area contributed by atoms with Gasteiger partial charge in [-0.15, -0.1) is 0 Å². The third kappa shape index (κ3) is 2.54. The number of hydrogen-bond acceptors (Lipinski definition) is 2. The van der Waals surface area contributed by atoms with Crippen LogP contribution in [0, 0.1) is 11.7 Å². The van der Waals surface area contributed by atoms with Gasteiger partial charge in [-0.05, 0) is 30.5 Å². The average Bonchev–Trinajstić information content (AvgIpc) is 2.45. The monoisotopic (exact) mass is 292 g/mol. The summed E-state index contributed by atoms with van der Waals surface area (Å²) in [6.45, 7) is 0.510. The Morgan fingerprint density at radius 1 is 1.25 bits per heavy atom. The molecule has 1 N–H and O–H groups in total. The van der Waals surface area contributed by atoms with E-state index < -0.39 is 0 Å². The molecule has 0 spiro atoms. The molecule has 0 radical (unpaired) electrons. The van der Waals surface area contributed by atoms with Crippen LogP contribution in [0.5, 0.6) is 0 Å². The van der Waals surface area contributed by atoms with Gasteiger partial charge in [-0.25, -0.2) is 9.18 Å². The lowest BCUT2D eigenvalue weighted by molar-refractivity contribution is 0.127. The fraction of sp³-hybridized carbons (Fsp3) is 0.467. The first-order chi connectivity index (χ1) is 9.65. The highest BCUT2D eigenvalue weighted by Gasteiger charge is 2.40. The molecule has 1 saturated carbocycles. The molecule has 2 atom stereocenters. The van der Waals surface area contributed by atoms with Crippen molar-refractivity contribution in [2.24, 2.45) is 5.92 Å². The Bertz CT molecular complexity index is 531. The second kappa shape index (κ2) is 5.48. The van der Waals surface area contributed by atoms with E-state index in [9.17, 15) is 9.18 Å². The van der Waals surface area contributed by atoms with Crippen molar-refractivity contribution in [2.75, 3.05) is 0 Å². The molecule has 5 heteroatoms. The first-order valence-corrected chi connectivity index (χ1v) is 7.42. The highest BCUT2D eigenvalue weighted by molar-refractivity contribution is 7.80. The van der Waals surface area contributed by atoms with Gasteiger partial charge in [0, 0.05) is 18.5 Å². The van der Waals surface area contributed by atoms with Crippen molar-refractivity contribution >= 4 is 23.2 Å². The normalized spacial score (nSPS) is 26.1. The third-order valence-electron chi connectivity index (χ3n) is 4.22. The summed E-state index contributed by atoms with van der Waals surface area (Å²) >= 11 is 5.31. The maximum atomic E-state index is 13.0. The first kappa shape index (κ1) is 13.5. The molecule has 106 valence electrons. The van der Waals surface area contributed by atoms with Gasteiger partial charge < -0.3 is 10.2 Å². The van der Waals surface area contributed by atoms with Crippen molar-refractivity contribution in [3.63, 3.8) is 0 Å². The Labute approximate surface area is 123 Å². The van der Waals surface area contributed by atoms with Gasteiger partial charge in [0.1, 0.15) is 5.82 Å². The van der Waals surface area contributed by atoms with Gasteiger partial charge in [0.15, 0.2) is 0 Å². The number of amides is 2. The molecule has 2 unspecified atom stereocenters. The van der Waals surface area contributed by atoms with Crippen LogP contribution in [0.4, 0.5) is 9.18 Å². The van der Waals surface area contributed by atoms with Gasteiger partial charge in [-0.1, -0.05) is 37.2 Å². The number of rotatable bonds is 2. The number of nitrogens with zero attached hydrogens (tertiary/aromatic N) is 1. The zero-order valence-electron chi connectivity index (χ0n) is 11.1. The van der Waals surface area contributed by atoms with E-state index in [1.165, 1.54) is 18.6 Å². The smallest absolute Gasteiger partial charge is 0.317 e. The predicted octanol–water partition coefficient (Wildman–Crippen LogP) is 3.24. The quantitative estimate of drug-likeness (QED) is 0.849. The molecule has 1 aliphatic heterocycles. The fourth-order valence-corrected chi connectivity index (χ4v) is 3.55. The molecule has 2 aliphatic rings. The summed E-state index contributed by atoms with van der Waals surface area (Å²) in [5, 5.41) is 2.80. The molecule has 3 nitrogen and oxygen atoms in total. The SMILES string of the molecule is O=C1NC(=S)C2CCCCC2N1Cc1ccc(F)cc1. The van der Waals surface area contributed by atoms with Crippen LogP contribution in [-0.4, -0.2) is 22.0 Å². The Kier molecular flexibility index (Phi) is 3.70. The largest absolute Gasteiger partial charge is 0.322 e. The number of halogens is 1. The van der Waals surface area contributed by atoms with E-state index in [1.54, 1.807) is 12.1 Å². The minimum absolute atomic E-state index is 0.123. The average molecular weight is 292 g/mol. The number of thiocarbonyl (C=S) groups is 1. The lowest BCUT2D eigenvalue weighted by Gasteiger charge is -2.44. The number of carbonyl (C=O) groups excluding carboxylic acids is 1. The molecule has 1 aliphatic carbocycles. The molecule has 0 aromatic heterocycles. The standard InChI is InChI=1S/C15H17FN2OS/c16-11-7-5-10(6-8-11)9-18-13-4-2-1-3-12(13)14(20)17-15(18)19/h5-8,12-13H,1-4,9H2,(H,17,19,20). The van der Waals surface area contributed by atoms with E-state index in [-0.39, 0.29) is 23.8 Å². The van der Waals surface area contributed by atoms with Crippen molar-refractivity contribution in [1.82, 2.24) is 10.2 Å². The molecule has 3 rings (SSSR count).